The maximum atomic E-state index is 13.1. The van der Waals surface area contributed by atoms with Crippen LogP contribution in [0, 0.1) is 5.41 Å². The van der Waals surface area contributed by atoms with E-state index in [4.69, 9.17) is 14.9 Å². The molecule has 0 aromatic heterocycles. The Morgan fingerprint density at radius 3 is 2.31 bits per heavy atom. The second-order valence-corrected chi connectivity index (χ2v) is 6.81. The molecule has 0 fully saturated rings. The first kappa shape index (κ1) is 19.3. The highest BCUT2D eigenvalue weighted by molar-refractivity contribution is 6.07. The molecule has 1 aromatic carbocycles. The van der Waals surface area contributed by atoms with Gasteiger partial charge in [0.05, 0.1) is 12.7 Å². The van der Waals surface area contributed by atoms with Crippen LogP contribution in [0.1, 0.15) is 31.1 Å². The molecule has 0 saturated carbocycles. The molecule has 0 aliphatic carbocycles. The van der Waals surface area contributed by atoms with Crippen molar-refractivity contribution in [3.63, 3.8) is 0 Å². The number of methoxy groups -OCH3 is 1. The lowest BCUT2D eigenvalue weighted by Gasteiger charge is -2.31. The van der Waals surface area contributed by atoms with Crippen molar-refractivity contribution in [3.8, 4) is 5.75 Å². The Labute approximate surface area is 151 Å². The number of nitrogens with zero attached hydrogens (tertiary/aromatic N) is 1. The smallest absolute Gasteiger partial charge is 0.435 e. The van der Waals surface area contributed by atoms with Gasteiger partial charge in [0.15, 0.2) is 6.54 Å². The van der Waals surface area contributed by atoms with E-state index >= 15 is 0 Å². The number of imide groups is 1. The Kier molecular flexibility index (Phi) is 5.27. The highest BCUT2D eigenvalue weighted by Crippen LogP contribution is 2.22. The first-order valence-electron chi connectivity index (χ1n) is 7.95. The maximum Gasteiger partial charge on any atom is 0.435 e. The summed E-state index contributed by atoms with van der Waals surface area (Å²) in [6.07, 6.45) is 2.50. The lowest BCUT2D eigenvalue weighted by atomic mass is 10.1. The number of nitrogens with one attached hydrogen (secondary N) is 2. The number of carbonyl (C=O) groups excluding carboxylic acids is 3. The molecule has 1 aliphatic heterocycles. The highest BCUT2D eigenvalue weighted by Gasteiger charge is 2.49. The number of esters is 1. The summed E-state index contributed by atoms with van der Waals surface area (Å²) in [5, 5.41) is 9.84. The summed E-state index contributed by atoms with van der Waals surface area (Å²) < 4.78 is 9.39. The predicted octanol–water partition coefficient (Wildman–Crippen LogP) is 2.21. The van der Waals surface area contributed by atoms with E-state index in [0.717, 1.165) is 0 Å². The molecular formula is C18H22N3O5+. The lowest BCUT2D eigenvalue weighted by Crippen LogP contribution is -2.62. The van der Waals surface area contributed by atoms with Crippen molar-refractivity contribution in [1.29, 1.82) is 5.41 Å². The largest absolute Gasteiger partial charge is 0.497 e. The summed E-state index contributed by atoms with van der Waals surface area (Å²) in [5.41, 5.74) is -0.532. The Bertz CT molecular complexity index is 777. The molecule has 8 heteroatoms. The summed E-state index contributed by atoms with van der Waals surface area (Å²) >= 11 is 0. The molecule has 138 valence electrons. The topological polar surface area (TPSA) is 106 Å². The van der Waals surface area contributed by atoms with E-state index in [1.165, 1.54) is 31.5 Å². The molecule has 1 aliphatic rings. The fraction of sp³-hybridized carbons (Fsp3) is 0.333. The predicted molar refractivity (Wildman–Crippen MR) is 93.7 cm³/mol. The zero-order valence-corrected chi connectivity index (χ0v) is 15.2. The van der Waals surface area contributed by atoms with Crippen LogP contribution in [0.15, 0.2) is 36.5 Å². The number of rotatable bonds is 4. The van der Waals surface area contributed by atoms with E-state index in [-0.39, 0.29) is 11.4 Å². The molecule has 3 amide bonds. The van der Waals surface area contributed by atoms with E-state index in [0.29, 0.717) is 5.75 Å². The van der Waals surface area contributed by atoms with Crippen LogP contribution >= 0.6 is 0 Å². The quantitative estimate of drug-likeness (QED) is 0.632. The van der Waals surface area contributed by atoms with Crippen LogP contribution < -0.4 is 10.1 Å². The lowest BCUT2D eigenvalue weighted by molar-refractivity contribution is -0.703. The Morgan fingerprint density at radius 2 is 1.81 bits per heavy atom. The molecule has 1 atom stereocenters. The molecule has 0 saturated heterocycles. The zero-order chi connectivity index (χ0) is 19.5. The molecular weight excluding hydrogens is 338 g/mol. The second-order valence-electron chi connectivity index (χ2n) is 6.81. The third kappa shape index (κ3) is 4.15. The average Bonchev–Trinajstić information content (AvgIpc) is 2.55. The van der Waals surface area contributed by atoms with Crippen LogP contribution in [-0.2, 0) is 9.53 Å². The van der Waals surface area contributed by atoms with E-state index in [9.17, 15) is 14.4 Å². The van der Waals surface area contributed by atoms with Gasteiger partial charge in [-0.15, -0.1) is 4.48 Å². The summed E-state index contributed by atoms with van der Waals surface area (Å²) in [6.45, 7) is 4.57. The number of amides is 3. The summed E-state index contributed by atoms with van der Waals surface area (Å²) in [5.74, 6) is -0.913. The van der Waals surface area contributed by atoms with Gasteiger partial charge in [0.1, 0.15) is 23.4 Å². The van der Waals surface area contributed by atoms with Crippen molar-refractivity contribution in [2.45, 2.75) is 26.4 Å². The molecule has 0 bridgehead atoms. The van der Waals surface area contributed by atoms with Crippen molar-refractivity contribution in [2.24, 2.45) is 0 Å². The van der Waals surface area contributed by atoms with Gasteiger partial charge in [-0.25, -0.2) is 14.4 Å². The maximum absolute atomic E-state index is 13.1. The molecule has 0 radical (unpaired) electrons. The van der Waals surface area contributed by atoms with Gasteiger partial charge in [-0.05, 0) is 45.0 Å². The monoisotopic (exact) mass is 360 g/mol. The van der Waals surface area contributed by atoms with Gasteiger partial charge in [0.2, 0.25) is 0 Å². The molecule has 0 spiro atoms. The standard InChI is InChI=1S/C18H21N3O5/c1-18(2,3)26-15(22)11-21(10-9-14(19)20-17(21)24)16(23)12-5-7-13(25-4)8-6-12/h5-10H,11H2,1-4H3,(H-,19,20,24)/p+1. The minimum atomic E-state index is -0.941. The van der Waals surface area contributed by atoms with Crippen molar-refractivity contribution < 1.29 is 28.3 Å². The molecule has 2 N–H and O–H groups in total. The summed E-state index contributed by atoms with van der Waals surface area (Å²) in [4.78, 5) is 38.0. The molecule has 1 heterocycles. The van der Waals surface area contributed by atoms with Crippen LogP contribution in [0.25, 0.3) is 0 Å². The van der Waals surface area contributed by atoms with E-state index in [1.807, 2.05) is 0 Å². The van der Waals surface area contributed by atoms with Crippen LogP contribution in [0.4, 0.5) is 4.79 Å². The van der Waals surface area contributed by atoms with Crippen molar-refractivity contribution in [2.75, 3.05) is 13.7 Å². The third-order valence-electron chi connectivity index (χ3n) is 3.60. The van der Waals surface area contributed by atoms with Crippen LogP contribution in [0.5, 0.6) is 5.75 Å². The fourth-order valence-electron chi connectivity index (χ4n) is 2.42. The number of ether oxygens (including phenoxy) is 2. The minimum absolute atomic E-state index is 0.157. The highest BCUT2D eigenvalue weighted by atomic mass is 16.6. The third-order valence-corrected chi connectivity index (χ3v) is 3.60. The summed E-state index contributed by atoms with van der Waals surface area (Å²) in [7, 11) is 1.50. The van der Waals surface area contributed by atoms with Crippen molar-refractivity contribution in [3.05, 3.63) is 42.1 Å². The van der Waals surface area contributed by atoms with E-state index in [1.54, 1.807) is 32.9 Å². The van der Waals surface area contributed by atoms with Crippen LogP contribution in [0.3, 0.4) is 0 Å². The van der Waals surface area contributed by atoms with E-state index in [2.05, 4.69) is 5.32 Å². The second kappa shape index (κ2) is 7.09. The van der Waals surface area contributed by atoms with Crippen molar-refractivity contribution >= 4 is 23.7 Å². The van der Waals surface area contributed by atoms with Gasteiger partial charge >= 0.3 is 17.9 Å². The molecule has 1 aromatic rings. The SMILES string of the molecule is COc1ccc(C(=O)[N+]2(CC(=O)OC(C)(C)C)C=CC(=N)NC2=O)cc1. The average molecular weight is 360 g/mol. The number of benzene rings is 1. The Hall–Kier alpha value is -3.00. The number of urea groups is 1. The first-order valence-corrected chi connectivity index (χ1v) is 7.95. The molecule has 1 unspecified atom stereocenters. The van der Waals surface area contributed by atoms with Crippen molar-refractivity contribution in [1.82, 2.24) is 5.32 Å². The number of hydrogen-bond donors (Lipinski definition) is 2. The normalized spacial score (nSPS) is 19.7. The molecule has 8 nitrogen and oxygen atoms in total. The molecule has 2 rings (SSSR count). The van der Waals surface area contributed by atoms with Crippen LogP contribution in [0.2, 0.25) is 0 Å². The van der Waals surface area contributed by atoms with Gasteiger partial charge in [0, 0.05) is 6.08 Å². The van der Waals surface area contributed by atoms with Gasteiger partial charge in [0.25, 0.3) is 0 Å². The van der Waals surface area contributed by atoms with Gasteiger partial charge in [-0.2, -0.15) is 0 Å². The Balaban J connectivity index is 2.41. The zero-order valence-electron chi connectivity index (χ0n) is 15.2. The van der Waals surface area contributed by atoms with Gasteiger partial charge in [-0.3, -0.25) is 10.7 Å². The fourth-order valence-corrected chi connectivity index (χ4v) is 2.42. The minimum Gasteiger partial charge on any atom is -0.497 e. The van der Waals surface area contributed by atoms with Gasteiger partial charge < -0.3 is 9.47 Å². The van der Waals surface area contributed by atoms with Gasteiger partial charge in [-0.1, -0.05) is 0 Å². The number of amidine groups is 1. The number of quaternary nitrogens is 1. The van der Waals surface area contributed by atoms with Crippen LogP contribution in [-0.4, -0.2) is 47.5 Å². The number of carbonyl (C=O) groups is 3. The Morgan fingerprint density at radius 1 is 1.19 bits per heavy atom. The molecule has 26 heavy (non-hydrogen) atoms. The number of hydrogen-bond acceptors (Lipinski definition) is 6. The first-order chi connectivity index (χ1) is 12.1. The summed E-state index contributed by atoms with van der Waals surface area (Å²) in [6, 6.07) is 5.41. The van der Waals surface area contributed by atoms with E-state index < -0.39 is 34.5 Å².